The van der Waals surface area contributed by atoms with Crippen LogP contribution in [0.3, 0.4) is 0 Å². The summed E-state index contributed by atoms with van der Waals surface area (Å²) < 4.78 is 5.88. The Bertz CT molecular complexity index is 1140. The highest BCUT2D eigenvalue weighted by atomic mass is 35.5. The SMILES string of the molecule is CCCC1NNC2OC(N)=C(C#N)C3(C(=O)N(Cc4ccc(Cl)cc4)c4ccccc43)C12. The summed E-state index contributed by atoms with van der Waals surface area (Å²) in [7, 11) is 0. The lowest BCUT2D eigenvalue weighted by Gasteiger charge is -2.42. The molecule has 1 fully saturated rings. The molecule has 5 rings (SSSR count). The van der Waals surface area contributed by atoms with Crippen LogP contribution in [-0.2, 0) is 21.5 Å². The van der Waals surface area contributed by atoms with Gasteiger partial charge in [0.25, 0.3) is 0 Å². The number of fused-ring (bicyclic) bond motifs is 4. The number of anilines is 1. The van der Waals surface area contributed by atoms with Gasteiger partial charge >= 0.3 is 0 Å². The summed E-state index contributed by atoms with van der Waals surface area (Å²) in [6.07, 6.45) is 1.23. The number of rotatable bonds is 4. The molecule has 0 radical (unpaired) electrons. The predicted octanol–water partition coefficient (Wildman–Crippen LogP) is 3.07. The number of nitriles is 1. The lowest BCUT2D eigenvalue weighted by molar-refractivity contribution is -0.127. The number of nitrogens with zero attached hydrogens (tertiary/aromatic N) is 2. The molecular weight excluding hydrogens is 426 g/mol. The second-order valence-electron chi connectivity index (χ2n) is 8.44. The topological polar surface area (TPSA) is 103 Å². The quantitative estimate of drug-likeness (QED) is 0.662. The van der Waals surface area contributed by atoms with Crippen LogP contribution >= 0.6 is 11.6 Å². The molecule has 1 amide bonds. The molecule has 3 heterocycles. The Morgan fingerprint density at radius 1 is 1.22 bits per heavy atom. The Hall–Kier alpha value is -3.05. The molecule has 0 aromatic heterocycles. The molecule has 1 saturated heterocycles. The molecule has 1 spiro atoms. The highest BCUT2D eigenvalue weighted by Gasteiger charge is 2.66. The van der Waals surface area contributed by atoms with E-state index in [2.05, 4.69) is 23.8 Å². The van der Waals surface area contributed by atoms with Crippen molar-refractivity contribution >= 4 is 23.2 Å². The van der Waals surface area contributed by atoms with Crippen LogP contribution in [0.25, 0.3) is 0 Å². The van der Waals surface area contributed by atoms with Crippen LogP contribution in [0.1, 0.15) is 30.9 Å². The molecule has 0 saturated carbocycles. The summed E-state index contributed by atoms with van der Waals surface area (Å²) in [6, 6.07) is 17.3. The van der Waals surface area contributed by atoms with Crippen LogP contribution in [0.4, 0.5) is 5.69 Å². The number of carbonyl (C=O) groups is 1. The number of hydrogen-bond donors (Lipinski definition) is 3. The fourth-order valence-corrected chi connectivity index (χ4v) is 5.57. The van der Waals surface area contributed by atoms with Crippen LogP contribution < -0.4 is 21.5 Å². The van der Waals surface area contributed by atoms with Gasteiger partial charge in [-0.15, -0.1) is 0 Å². The molecule has 2 aromatic rings. The van der Waals surface area contributed by atoms with Crippen molar-refractivity contribution < 1.29 is 9.53 Å². The summed E-state index contributed by atoms with van der Waals surface area (Å²) in [4.78, 5) is 16.1. The fourth-order valence-electron chi connectivity index (χ4n) is 5.45. The molecule has 4 unspecified atom stereocenters. The van der Waals surface area contributed by atoms with Crippen LogP contribution in [0.5, 0.6) is 0 Å². The number of benzene rings is 2. The van der Waals surface area contributed by atoms with Gasteiger partial charge in [-0.3, -0.25) is 10.2 Å². The summed E-state index contributed by atoms with van der Waals surface area (Å²) in [6.45, 7) is 2.46. The van der Waals surface area contributed by atoms with Gasteiger partial charge in [0.2, 0.25) is 11.8 Å². The van der Waals surface area contributed by atoms with Crippen molar-refractivity contribution in [3.8, 4) is 6.07 Å². The third-order valence-electron chi connectivity index (χ3n) is 6.73. The number of nitrogens with one attached hydrogen (secondary N) is 2. The van der Waals surface area contributed by atoms with Gasteiger partial charge in [-0.1, -0.05) is 55.3 Å². The minimum Gasteiger partial charge on any atom is -0.458 e. The molecule has 3 aliphatic rings. The predicted molar refractivity (Wildman–Crippen MR) is 121 cm³/mol. The van der Waals surface area contributed by atoms with Crippen LogP contribution in [-0.4, -0.2) is 18.2 Å². The van der Waals surface area contributed by atoms with Gasteiger partial charge in [-0.05, 0) is 35.7 Å². The summed E-state index contributed by atoms with van der Waals surface area (Å²) >= 11 is 6.05. The third kappa shape index (κ3) is 2.84. The molecule has 7 nitrogen and oxygen atoms in total. The number of carbonyl (C=O) groups excluding carboxylic acids is 1. The average Bonchev–Trinajstić information content (AvgIpc) is 3.29. The van der Waals surface area contributed by atoms with E-state index < -0.39 is 11.6 Å². The van der Waals surface area contributed by atoms with Crippen molar-refractivity contribution in [2.45, 2.75) is 44.0 Å². The molecule has 4 N–H and O–H groups in total. The molecule has 2 aromatic carbocycles. The zero-order chi connectivity index (χ0) is 22.5. The number of nitrogens with two attached hydrogens (primary N) is 1. The number of ether oxygens (including phenoxy) is 1. The first-order valence-corrected chi connectivity index (χ1v) is 11.1. The van der Waals surface area contributed by atoms with Gasteiger partial charge < -0.3 is 15.4 Å². The third-order valence-corrected chi connectivity index (χ3v) is 6.98. The number of para-hydroxylation sites is 1. The molecule has 8 heteroatoms. The maximum absolute atomic E-state index is 14.4. The minimum atomic E-state index is -1.22. The first kappa shape index (κ1) is 20.8. The lowest BCUT2D eigenvalue weighted by Crippen LogP contribution is -2.57. The van der Waals surface area contributed by atoms with Crippen molar-refractivity contribution in [2.24, 2.45) is 11.7 Å². The van der Waals surface area contributed by atoms with E-state index >= 15 is 0 Å². The van der Waals surface area contributed by atoms with E-state index in [1.54, 1.807) is 4.90 Å². The molecule has 0 aliphatic carbocycles. The van der Waals surface area contributed by atoms with E-state index in [0.29, 0.717) is 11.6 Å². The summed E-state index contributed by atoms with van der Waals surface area (Å²) in [5, 5.41) is 10.8. The zero-order valence-electron chi connectivity index (χ0n) is 17.6. The van der Waals surface area contributed by atoms with E-state index in [1.165, 1.54) is 0 Å². The van der Waals surface area contributed by atoms with Gasteiger partial charge in [0.1, 0.15) is 17.1 Å². The number of amides is 1. The highest BCUT2D eigenvalue weighted by Crippen LogP contribution is 2.56. The molecule has 0 bridgehead atoms. The normalized spacial score (nSPS) is 28.5. The van der Waals surface area contributed by atoms with Gasteiger partial charge in [0, 0.05) is 16.8 Å². The monoisotopic (exact) mass is 449 g/mol. The zero-order valence-corrected chi connectivity index (χ0v) is 18.4. The van der Waals surface area contributed by atoms with E-state index in [4.69, 9.17) is 22.1 Å². The Balaban J connectivity index is 1.70. The molecule has 4 atom stereocenters. The minimum absolute atomic E-state index is 0.00306. The smallest absolute Gasteiger partial charge is 0.244 e. The Labute approximate surface area is 191 Å². The van der Waals surface area contributed by atoms with Gasteiger partial charge in [0.15, 0.2) is 6.23 Å². The second-order valence-corrected chi connectivity index (χ2v) is 8.88. The van der Waals surface area contributed by atoms with Crippen molar-refractivity contribution in [1.29, 1.82) is 5.26 Å². The first-order chi connectivity index (χ1) is 15.5. The Morgan fingerprint density at radius 2 is 1.97 bits per heavy atom. The number of hydrogen-bond acceptors (Lipinski definition) is 6. The van der Waals surface area contributed by atoms with E-state index in [9.17, 15) is 10.1 Å². The summed E-state index contributed by atoms with van der Waals surface area (Å²) in [5.41, 5.74) is 14.2. The first-order valence-electron chi connectivity index (χ1n) is 10.8. The summed E-state index contributed by atoms with van der Waals surface area (Å²) in [5.74, 6) is -0.483. The van der Waals surface area contributed by atoms with Crippen molar-refractivity contribution in [2.75, 3.05) is 4.90 Å². The van der Waals surface area contributed by atoms with Crippen molar-refractivity contribution in [1.82, 2.24) is 10.9 Å². The standard InChI is InChI=1S/C24H24ClN5O2/c1-2-5-18-20-22(29-28-18)32-21(27)17(12-26)24(20)16-6-3-4-7-19(16)30(23(24)31)13-14-8-10-15(25)11-9-14/h3-4,6-11,18,20,22,28-29H,2,5,13,27H2,1H3. The Kier molecular flexibility index (Phi) is 5.09. The molecule has 164 valence electrons. The molecule has 3 aliphatic heterocycles. The van der Waals surface area contributed by atoms with Gasteiger partial charge in [-0.2, -0.15) is 5.26 Å². The van der Waals surface area contributed by atoms with Crippen molar-refractivity contribution in [3.05, 3.63) is 76.1 Å². The second kappa shape index (κ2) is 7.82. The van der Waals surface area contributed by atoms with E-state index in [-0.39, 0.29) is 29.3 Å². The molecule has 32 heavy (non-hydrogen) atoms. The fraction of sp³-hybridized carbons (Fsp3) is 0.333. The molecular formula is C24H24ClN5O2. The van der Waals surface area contributed by atoms with Crippen LogP contribution in [0.15, 0.2) is 60.0 Å². The number of hydrazine groups is 1. The highest BCUT2D eigenvalue weighted by molar-refractivity contribution is 6.30. The van der Waals surface area contributed by atoms with Crippen LogP contribution in [0, 0.1) is 17.2 Å². The van der Waals surface area contributed by atoms with Gasteiger partial charge in [-0.25, -0.2) is 5.43 Å². The lowest BCUT2D eigenvalue weighted by atomic mass is 9.62. The average molecular weight is 450 g/mol. The van der Waals surface area contributed by atoms with E-state index in [1.807, 2.05) is 48.5 Å². The van der Waals surface area contributed by atoms with Crippen LogP contribution in [0.2, 0.25) is 5.02 Å². The largest absolute Gasteiger partial charge is 0.458 e. The number of halogens is 1. The Morgan fingerprint density at radius 3 is 2.69 bits per heavy atom. The van der Waals surface area contributed by atoms with E-state index in [0.717, 1.165) is 29.7 Å². The maximum atomic E-state index is 14.4. The van der Waals surface area contributed by atoms with Crippen molar-refractivity contribution in [3.63, 3.8) is 0 Å². The maximum Gasteiger partial charge on any atom is 0.244 e. The van der Waals surface area contributed by atoms with Gasteiger partial charge in [0.05, 0.1) is 12.5 Å².